The van der Waals surface area contributed by atoms with Gasteiger partial charge in [-0.15, -0.1) is 0 Å². The monoisotopic (exact) mass is 320 g/mol. The maximum Gasteiger partial charge on any atom is 0.305 e. The standard InChI is InChI=1S/C18H24O5/c1-14(19)8-4-2-3-5-11-18(20)22-13-15-12-21-16-9-6-7-10-17(16)23-15/h6-7,9-10,15H,2-5,8,11-13H2,1H3/t15-/m1/s1. The number of ether oxygens (including phenoxy) is 3. The lowest BCUT2D eigenvalue weighted by molar-refractivity contribution is -0.147. The van der Waals surface area contributed by atoms with Crippen LogP contribution in [0.1, 0.15) is 45.4 Å². The Morgan fingerprint density at radius 1 is 1.09 bits per heavy atom. The van der Waals surface area contributed by atoms with Crippen LogP contribution in [-0.2, 0) is 14.3 Å². The molecule has 126 valence electrons. The third kappa shape index (κ3) is 6.30. The van der Waals surface area contributed by atoms with Crippen LogP contribution >= 0.6 is 0 Å². The van der Waals surface area contributed by atoms with E-state index in [0.717, 1.165) is 31.4 Å². The molecule has 0 aromatic heterocycles. The Kier molecular flexibility index (Phi) is 6.91. The average molecular weight is 320 g/mol. The molecular formula is C18H24O5. The number of fused-ring (bicyclic) bond motifs is 1. The highest BCUT2D eigenvalue weighted by atomic mass is 16.6. The molecule has 0 aliphatic carbocycles. The average Bonchev–Trinajstić information content (AvgIpc) is 2.55. The molecular weight excluding hydrogens is 296 g/mol. The zero-order valence-electron chi connectivity index (χ0n) is 13.6. The summed E-state index contributed by atoms with van der Waals surface area (Å²) in [6.07, 6.45) is 4.39. The van der Waals surface area contributed by atoms with Crippen molar-refractivity contribution in [3.05, 3.63) is 24.3 Å². The fourth-order valence-corrected chi connectivity index (χ4v) is 2.40. The van der Waals surface area contributed by atoms with Crippen LogP contribution in [-0.4, -0.2) is 31.1 Å². The van der Waals surface area contributed by atoms with Crippen LogP contribution in [0.3, 0.4) is 0 Å². The first-order valence-electron chi connectivity index (χ1n) is 8.18. The van der Waals surface area contributed by atoms with E-state index in [1.807, 2.05) is 24.3 Å². The van der Waals surface area contributed by atoms with Gasteiger partial charge in [0.2, 0.25) is 0 Å². The molecule has 1 aromatic carbocycles. The number of Topliss-reactive ketones (excluding diaryl/α,β-unsaturated/α-hetero) is 1. The van der Waals surface area contributed by atoms with Crippen LogP contribution in [0.5, 0.6) is 11.5 Å². The Hall–Kier alpha value is -2.04. The van der Waals surface area contributed by atoms with E-state index in [9.17, 15) is 9.59 Å². The summed E-state index contributed by atoms with van der Waals surface area (Å²) in [6, 6.07) is 7.45. The van der Waals surface area contributed by atoms with Gasteiger partial charge in [-0.2, -0.15) is 0 Å². The summed E-state index contributed by atoms with van der Waals surface area (Å²) in [4.78, 5) is 22.5. The van der Waals surface area contributed by atoms with Gasteiger partial charge in [-0.3, -0.25) is 4.79 Å². The molecule has 1 atom stereocenters. The van der Waals surface area contributed by atoms with Gasteiger partial charge in [0, 0.05) is 12.8 Å². The molecule has 0 fully saturated rings. The Morgan fingerprint density at radius 2 is 1.78 bits per heavy atom. The first-order valence-corrected chi connectivity index (χ1v) is 8.18. The van der Waals surface area contributed by atoms with Crippen molar-refractivity contribution in [1.82, 2.24) is 0 Å². The van der Waals surface area contributed by atoms with Gasteiger partial charge in [0.15, 0.2) is 17.6 Å². The second-order valence-corrected chi connectivity index (χ2v) is 5.80. The van der Waals surface area contributed by atoms with Crippen LogP contribution in [0, 0.1) is 0 Å². The number of rotatable bonds is 9. The number of unbranched alkanes of at least 4 members (excludes halogenated alkanes) is 3. The topological polar surface area (TPSA) is 61.8 Å². The predicted molar refractivity (Wildman–Crippen MR) is 85.7 cm³/mol. The van der Waals surface area contributed by atoms with Crippen molar-refractivity contribution in [3.8, 4) is 11.5 Å². The molecule has 1 heterocycles. The van der Waals surface area contributed by atoms with Gasteiger partial charge in [-0.1, -0.05) is 25.0 Å². The molecule has 1 aliphatic heterocycles. The van der Waals surface area contributed by atoms with Crippen molar-refractivity contribution >= 4 is 11.8 Å². The summed E-state index contributed by atoms with van der Waals surface area (Å²) >= 11 is 0. The fraction of sp³-hybridized carbons (Fsp3) is 0.556. The summed E-state index contributed by atoms with van der Waals surface area (Å²) in [5.41, 5.74) is 0. The normalized spacial score (nSPS) is 16.0. The maximum absolute atomic E-state index is 11.7. The molecule has 2 rings (SSSR count). The van der Waals surface area contributed by atoms with E-state index in [1.165, 1.54) is 0 Å². The zero-order chi connectivity index (χ0) is 16.5. The highest BCUT2D eigenvalue weighted by molar-refractivity contribution is 5.75. The molecule has 23 heavy (non-hydrogen) atoms. The van der Waals surface area contributed by atoms with Crippen molar-refractivity contribution in [2.75, 3.05) is 13.2 Å². The number of carbonyl (C=O) groups is 2. The number of para-hydroxylation sites is 2. The molecule has 5 nitrogen and oxygen atoms in total. The Morgan fingerprint density at radius 3 is 2.52 bits per heavy atom. The molecule has 0 saturated heterocycles. The molecule has 0 bridgehead atoms. The maximum atomic E-state index is 11.7. The predicted octanol–water partition coefficient (Wildman–Crippen LogP) is 3.30. The summed E-state index contributed by atoms with van der Waals surface area (Å²) in [6.45, 7) is 2.19. The number of hydrogen-bond donors (Lipinski definition) is 0. The lowest BCUT2D eigenvalue weighted by atomic mass is 10.1. The molecule has 0 saturated carbocycles. The van der Waals surface area contributed by atoms with Crippen molar-refractivity contribution < 1.29 is 23.8 Å². The molecule has 0 spiro atoms. The van der Waals surface area contributed by atoms with Gasteiger partial charge >= 0.3 is 5.97 Å². The van der Waals surface area contributed by atoms with Gasteiger partial charge < -0.3 is 19.0 Å². The van der Waals surface area contributed by atoms with E-state index < -0.39 is 0 Å². The molecule has 1 aliphatic rings. The first kappa shape index (κ1) is 17.3. The minimum atomic E-state index is -0.260. The van der Waals surface area contributed by atoms with Crippen molar-refractivity contribution in [2.24, 2.45) is 0 Å². The van der Waals surface area contributed by atoms with E-state index in [2.05, 4.69) is 0 Å². The van der Waals surface area contributed by atoms with Gasteiger partial charge in [0.25, 0.3) is 0 Å². The highest BCUT2D eigenvalue weighted by Gasteiger charge is 2.21. The highest BCUT2D eigenvalue weighted by Crippen LogP contribution is 2.30. The third-order valence-electron chi connectivity index (χ3n) is 3.66. The van der Waals surface area contributed by atoms with E-state index in [4.69, 9.17) is 14.2 Å². The molecule has 0 N–H and O–H groups in total. The quantitative estimate of drug-likeness (QED) is 0.516. The molecule has 0 unspecified atom stereocenters. The van der Waals surface area contributed by atoms with E-state index >= 15 is 0 Å². The number of hydrogen-bond acceptors (Lipinski definition) is 5. The van der Waals surface area contributed by atoms with Crippen LogP contribution in [0.2, 0.25) is 0 Å². The smallest absolute Gasteiger partial charge is 0.305 e. The fourth-order valence-electron chi connectivity index (χ4n) is 2.40. The summed E-state index contributed by atoms with van der Waals surface area (Å²) in [5.74, 6) is 1.42. The number of ketones is 1. The van der Waals surface area contributed by atoms with E-state index in [-0.39, 0.29) is 24.5 Å². The first-order chi connectivity index (χ1) is 11.1. The second-order valence-electron chi connectivity index (χ2n) is 5.80. The Labute approximate surface area is 136 Å². The minimum absolute atomic E-state index is 0.206. The van der Waals surface area contributed by atoms with Crippen LogP contribution in [0.15, 0.2) is 24.3 Å². The molecule has 1 aromatic rings. The minimum Gasteiger partial charge on any atom is -0.486 e. The van der Waals surface area contributed by atoms with E-state index in [1.54, 1.807) is 6.92 Å². The van der Waals surface area contributed by atoms with Crippen LogP contribution in [0.25, 0.3) is 0 Å². The summed E-state index contributed by atoms with van der Waals surface area (Å²) in [5, 5.41) is 0. The number of carbonyl (C=O) groups excluding carboxylic acids is 2. The van der Waals surface area contributed by atoms with Crippen molar-refractivity contribution in [1.29, 1.82) is 0 Å². The summed E-state index contributed by atoms with van der Waals surface area (Å²) < 4.78 is 16.5. The lowest BCUT2D eigenvalue weighted by Gasteiger charge is -2.26. The van der Waals surface area contributed by atoms with Gasteiger partial charge in [0.1, 0.15) is 19.0 Å². The zero-order valence-corrected chi connectivity index (χ0v) is 13.6. The Balaban J connectivity index is 1.56. The van der Waals surface area contributed by atoms with E-state index in [0.29, 0.717) is 25.2 Å². The molecule has 0 amide bonds. The van der Waals surface area contributed by atoms with Gasteiger partial charge in [-0.25, -0.2) is 0 Å². The third-order valence-corrected chi connectivity index (χ3v) is 3.66. The van der Waals surface area contributed by atoms with Crippen LogP contribution < -0.4 is 9.47 Å². The Bertz CT molecular complexity index is 526. The molecule has 5 heteroatoms. The van der Waals surface area contributed by atoms with Gasteiger partial charge in [0.05, 0.1) is 0 Å². The largest absolute Gasteiger partial charge is 0.486 e. The number of benzene rings is 1. The summed E-state index contributed by atoms with van der Waals surface area (Å²) in [7, 11) is 0. The second kappa shape index (κ2) is 9.18. The van der Waals surface area contributed by atoms with Crippen LogP contribution in [0.4, 0.5) is 0 Å². The van der Waals surface area contributed by atoms with Crippen molar-refractivity contribution in [2.45, 2.75) is 51.6 Å². The lowest BCUT2D eigenvalue weighted by Crippen LogP contribution is -2.34. The number of esters is 1. The SMILES string of the molecule is CC(=O)CCCCCCC(=O)OC[C@H]1COc2ccccc2O1. The van der Waals surface area contributed by atoms with Gasteiger partial charge in [-0.05, 0) is 31.9 Å². The van der Waals surface area contributed by atoms with Crippen molar-refractivity contribution in [3.63, 3.8) is 0 Å². The molecule has 0 radical (unpaired) electrons.